The van der Waals surface area contributed by atoms with Crippen LogP contribution < -0.4 is 0 Å². The van der Waals surface area contributed by atoms with Crippen molar-refractivity contribution in [2.75, 3.05) is 19.8 Å². The van der Waals surface area contributed by atoms with Gasteiger partial charge in [0.15, 0.2) is 0 Å². The first-order chi connectivity index (χ1) is 11.7. The average Bonchev–Trinajstić information content (AvgIpc) is 3.14. The molecule has 0 amide bonds. The van der Waals surface area contributed by atoms with Crippen molar-refractivity contribution in [2.24, 2.45) is 0 Å². The van der Waals surface area contributed by atoms with Gasteiger partial charge in [-0.2, -0.15) is 0 Å². The maximum atomic E-state index is 10.0. The van der Waals surface area contributed by atoms with Gasteiger partial charge in [0, 0.05) is 21.2 Å². The minimum absolute atomic E-state index is 0.0606. The molecule has 2 aromatic rings. The summed E-state index contributed by atoms with van der Waals surface area (Å²) in [5.74, 6) is 0. The van der Waals surface area contributed by atoms with Gasteiger partial charge in [-0.15, -0.1) is 0 Å². The molecule has 0 aromatic heterocycles. The molecule has 126 valence electrons. The normalized spacial score (nSPS) is 29.8. The van der Waals surface area contributed by atoms with E-state index in [1.807, 2.05) is 48.5 Å². The zero-order valence-corrected chi connectivity index (χ0v) is 14.4. The van der Waals surface area contributed by atoms with E-state index in [0.717, 1.165) is 11.1 Å². The molecule has 6 heteroatoms. The summed E-state index contributed by atoms with van der Waals surface area (Å²) in [7, 11) is 0. The van der Waals surface area contributed by atoms with Crippen LogP contribution in [-0.4, -0.2) is 35.4 Å². The lowest BCUT2D eigenvalue weighted by molar-refractivity contribution is -0.0629. The van der Waals surface area contributed by atoms with E-state index in [1.165, 1.54) is 0 Å². The fourth-order valence-electron chi connectivity index (χ4n) is 3.44. The predicted molar refractivity (Wildman–Crippen MR) is 91.9 cm³/mol. The Labute approximate surface area is 150 Å². The van der Waals surface area contributed by atoms with Crippen LogP contribution in [0.25, 0.3) is 0 Å². The molecule has 2 saturated heterocycles. The first-order valence-electron chi connectivity index (χ1n) is 7.78. The number of aliphatic hydroxyl groups excluding tert-OH is 1. The van der Waals surface area contributed by atoms with E-state index in [9.17, 15) is 5.11 Å². The van der Waals surface area contributed by atoms with Gasteiger partial charge in [-0.05, 0) is 12.1 Å². The summed E-state index contributed by atoms with van der Waals surface area (Å²) in [5, 5.41) is 11.3. The van der Waals surface area contributed by atoms with Crippen molar-refractivity contribution < 1.29 is 14.6 Å². The highest BCUT2D eigenvalue weighted by atomic mass is 35.5. The fraction of sp³-hybridized carbons (Fsp3) is 0.333. The van der Waals surface area contributed by atoms with Crippen LogP contribution in [-0.2, 0) is 9.47 Å². The largest absolute Gasteiger partial charge is 0.394 e. The van der Waals surface area contributed by atoms with Gasteiger partial charge >= 0.3 is 0 Å². The average molecular weight is 366 g/mol. The number of nitrogens with zero attached hydrogens (tertiary/aromatic N) is 1. The summed E-state index contributed by atoms with van der Waals surface area (Å²) < 4.78 is 12.1. The van der Waals surface area contributed by atoms with E-state index in [1.54, 1.807) is 0 Å². The Balaban J connectivity index is 1.79. The molecule has 2 aliphatic heterocycles. The molecule has 0 saturated carbocycles. The molecule has 0 unspecified atom stereocenters. The van der Waals surface area contributed by atoms with Crippen LogP contribution in [0.4, 0.5) is 0 Å². The Morgan fingerprint density at radius 2 is 1.38 bits per heavy atom. The number of hydrogen-bond acceptors (Lipinski definition) is 4. The molecule has 1 N–H and O–H groups in total. The van der Waals surface area contributed by atoms with E-state index >= 15 is 0 Å². The summed E-state index contributed by atoms with van der Waals surface area (Å²) in [6.45, 7) is 0.690. The quantitative estimate of drug-likeness (QED) is 0.898. The molecule has 2 aromatic carbocycles. The predicted octanol–water partition coefficient (Wildman–Crippen LogP) is 3.78. The van der Waals surface area contributed by atoms with Gasteiger partial charge in [0.25, 0.3) is 0 Å². The second kappa shape index (κ2) is 6.30. The van der Waals surface area contributed by atoms with Crippen LogP contribution in [0, 0.1) is 0 Å². The molecule has 2 heterocycles. The van der Waals surface area contributed by atoms with Crippen LogP contribution in [0.2, 0.25) is 10.0 Å². The lowest BCUT2D eigenvalue weighted by atomic mass is 10.0. The smallest absolute Gasteiger partial charge is 0.141 e. The van der Waals surface area contributed by atoms with E-state index in [4.69, 9.17) is 32.7 Å². The Kier molecular flexibility index (Phi) is 4.29. The number of ether oxygens (including phenoxy) is 2. The summed E-state index contributed by atoms with van der Waals surface area (Å²) in [6, 6.07) is 15.1. The monoisotopic (exact) mass is 365 g/mol. The third-order valence-electron chi connectivity index (χ3n) is 4.71. The Morgan fingerprint density at radius 3 is 1.79 bits per heavy atom. The molecule has 0 spiro atoms. The molecule has 0 bridgehead atoms. The highest BCUT2D eigenvalue weighted by Crippen LogP contribution is 2.50. The Hall–Kier alpha value is -1.14. The van der Waals surface area contributed by atoms with Gasteiger partial charge in [-0.1, -0.05) is 59.6 Å². The summed E-state index contributed by atoms with van der Waals surface area (Å²) >= 11 is 12.7. The molecule has 0 radical (unpaired) electrons. The van der Waals surface area contributed by atoms with Gasteiger partial charge in [-0.25, -0.2) is 4.90 Å². The van der Waals surface area contributed by atoms with Gasteiger partial charge in [0.05, 0.1) is 25.4 Å². The molecular weight excluding hydrogens is 349 g/mol. The first kappa shape index (κ1) is 16.3. The number of halogens is 2. The lowest BCUT2D eigenvalue weighted by Gasteiger charge is -2.33. The van der Waals surface area contributed by atoms with Crippen molar-refractivity contribution >= 4 is 23.2 Å². The van der Waals surface area contributed by atoms with Gasteiger partial charge < -0.3 is 14.6 Å². The van der Waals surface area contributed by atoms with Gasteiger partial charge in [0.2, 0.25) is 0 Å². The van der Waals surface area contributed by atoms with E-state index in [0.29, 0.717) is 23.3 Å². The van der Waals surface area contributed by atoms with E-state index < -0.39 is 18.0 Å². The second-order valence-electron chi connectivity index (χ2n) is 6.16. The molecular formula is C18H17Cl2NO3. The van der Waals surface area contributed by atoms with Crippen LogP contribution in [0.5, 0.6) is 0 Å². The number of rotatable bonds is 3. The molecule has 0 aliphatic carbocycles. The summed E-state index contributed by atoms with van der Waals surface area (Å²) in [4.78, 5) is 2.05. The van der Waals surface area contributed by atoms with Gasteiger partial charge in [0.1, 0.15) is 12.5 Å². The third kappa shape index (κ3) is 2.46. The maximum absolute atomic E-state index is 10.0. The van der Waals surface area contributed by atoms with E-state index in [2.05, 4.69) is 4.90 Å². The zero-order chi connectivity index (χ0) is 16.7. The minimum Gasteiger partial charge on any atom is -0.394 e. The SMILES string of the molecule is OC[C@]12CO[C@H](c3ccccc3Cl)N1[C@H](c1ccccc1Cl)OC2. The zero-order valence-electron chi connectivity index (χ0n) is 12.9. The molecule has 2 aliphatic rings. The number of hydrogen-bond donors (Lipinski definition) is 1. The minimum atomic E-state index is -0.590. The summed E-state index contributed by atoms with van der Waals surface area (Å²) in [5.41, 5.74) is 1.13. The van der Waals surface area contributed by atoms with Crippen molar-refractivity contribution in [1.82, 2.24) is 4.90 Å². The standard InChI is InChI=1S/C18H17Cl2NO3/c19-14-7-3-1-5-12(14)16-21-17(13-6-2-4-8-15(13)20)24-11-18(21,9-22)10-23-16/h1-8,16-17,22H,9-11H2/t16-,17+,18-. The van der Waals surface area contributed by atoms with Crippen LogP contribution in [0.3, 0.4) is 0 Å². The van der Waals surface area contributed by atoms with Crippen molar-refractivity contribution in [1.29, 1.82) is 0 Å². The van der Waals surface area contributed by atoms with Crippen LogP contribution in [0.15, 0.2) is 48.5 Å². The second-order valence-corrected chi connectivity index (χ2v) is 6.97. The van der Waals surface area contributed by atoms with Crippen molar-refractivity contribution in [3.05, 3.63) is 69.7 Å². The Morgan fingerprint density at radius 1 is 0.917 bits per heavy atom. The highest BCUT2D eigenvalue weighted by molar-refractivity contribution is 6.31. The maximum Gasteiger partial charge on any atom is 0.141 e. The van der Waals surface area contributed by atoms with E-state index in [-0.39, 0.29) is 6.61 Å². The number of fused-ring (bicyclic) bond motifs is 1. The highest BCUT2D eigenvalue weighted by Gasteiger charge is 2.57. The van der Waals surface area contributed by atoms with Gasteiger partial charge in [-0.3, -0.25) is 0 Å². The van der Waals surface area contributed by atoms with Crippen LogP contribution in [0.1, 0.15) is 23.6 Å². The lowest BCUT2D eigenvalue weighted by Crippen LogP contribution is -2.47. The molecule has 4 nitrogen and oxygen atoms in total. The van der Waals surface area contributed by atoms with Crippen molar-refractivity contribution in [2.45, 2.75) is 18.0 Å². The molecule has 2 fully saturated rings. The number of benzene rings is 2. The third-order valence-corrected chi connectivity index (χ3v) is 5.40. The molecule has 4 rings (SSSR count). The number of aliphatic hydroxyl groups is 1. The van der Waals surface area contributed by atoms with Crippen LogP contribution >= 0.6 is 23.2 Å². The Bertz CT molecular complexity index is 697. The molecule has 3 atom stereocenters. The summed E-state index contributed by atoms with van der Waals surface area (Å²) in [6.07, 6.45) is -0.788. The van der Waals surface area contributed by atoms with Crippen molar-refractivity contribution in [3.63, 3.8) is 0 Å². The van der Waals surface area contributed by atoms with Crippen molar-refractivity contribution in [3.8, 4) is 0 Å². The first-order valence-corrected chi connectivity index (χ1v) is 8.53. The fourth-order valence-corrected chi connectivity index (χ4v) is 3.90. The topological polar surface area (TPSA) is 41.9 Å². The molecule has 24 heavy (non-hydrogen) atoms.